The molecule has 1 saturated carbocycles. The van der Waals surface area contributed by atoms with Gasteiger partial charge in [-0.05, 0) is 50.3 Å². The summed E-state index contributed by atoms with van der Waals surface area (Å²) in [6, 6.07) is 7.03. The number of hydrogen-bond donors (Lipinski definition) is 3. The fraction of sp³-hybridized carbons (Fsp3) is 0.368. The summed E-state index contributed by atoms with van der Waals surface area (Å²) in [7, 11) is 0. The van der Waals surface area contributed by atoms with Gasteiger partial charge in [0.2, 0.25) is 0 Å². The molecule has 2 aromatic heterocycles. The molecule has 0 spiro atoms. The van der Waals surface area contributed by atoms with Gasteiger partial charge in [-0.25, -0.2) is 13.9 Å². The Labute approximate surface area is 151 Å². The number of nitrogens with one attached hydrogen (secondary N) is 1. The first kappa shape index (κ1) is 16.8. The molecule has 4 rings (SSSR count). The van der Waals surface area contributed by atoms with Crippen LogP contribution in [0.1, 0.15) is 42.9 Å². The molecule has 0 unspecified atom stereocenters. The van der Waals surface area contributed by atoms with E-state index in [4.69, 9.17) is 16.5 Å². The molecule has 0 aliphatic heterocycles. The number of aryl methyl sites for hydroxylation is 1. The van der Waals surface area contributed by atoms with Crippen LogP contribution in [0.4, 0.5) is 21.6 Å². The third kappa shape index (κ3) is 3.22. The zero-order chi connectivity index (χ0) is 18.3. The molecule has 1 aliphatic carbocycles. The average Bonchev–Trinajstić information content (AvgIpc) is 3.02. The number of rotatable bonds is 3. The van der Waals surface area contributed by atoms with Crippen molar-refractivity contribution in [3.63, 3.8) is 0 Å². The van der Waals surface area contributed by atoms with E-state index < -0.39 is 0 Å². The van der Waals surface area contributed by atoms with Crippen LogP contribution >= 0.6 is 0 Å². The SMILES string of the molecule is Cc1ccc(Nc2cc(N)nn3cc(C4CCC(N)CC4)nc23)c(F)c1. The van der Waals surface area contributed by atoms with Crippen LogP contribution in [-0.2, 0) is 0 Å². The second-order valence-electron chi connectivity index (χ2n) is 7.14. The Morgan fingerprint density at radius 1 is 1.15 bits per heavy atom. The van der Waals surface area contributed by atoms with E-state index in [2.05, 4.69) is 10.4 Å². The van der Waals surface area contributed by atoms with Crippen molar-refractivity contribution in [1.82, 2.24) is 14.6 Å². The fourth-order valence-electron chi connectivity index (χ4n) is 3.58. The molecule has 1 aromatic carbocycles. The van der Waals surface area contributed by atoms with Crippen LogP contribution in [-0.4, -0.2) is 20.6 Å². The number of nitrogens with zero attached hydrogens (tertiary/aromatic N) is 3. The Morgan fingerprint density at radius 3 is 2.65 bits per heavy atom. The third-order valence-corrected chi connectivity index (χ3v) is 5.05. The van der Waals surface area contributed by atoms with Crippen molar-refractivity contribution in [2.45, 2.75) is 44.6 Å². The lowest BCUT2D eigenvalue weighted by molar-refractivity contribution is 0.391. The highest BCUT2D eigenvalue weighted by molar-refractivity contribution is 5.76. The minimum Gasteiger partial charge on any atom is -0.382 e. The van der Waals surface area contributed by atoms with Gasteiger partial charge in [0.1, 0.15) is 11.6 Å². The van der Waals surface area contributed by atoms with E-state index in [0.717, 1.165) is 36.9 Å². The van der Waals surface area contributed by atoms with E-state index in [9.17, 15) is 4.39 Å². The summed E-state index contributed by atoms with van der Waals surface area (Å²) in [5.41, 5.74) is 15.5. The number of imidazole rings is 1. The van der Waals surface area contributed by atoms with Crippen molar-refractivity contribution in [2.24, 2.45) is 5.73 Å². The molecule has 1 aliphatic rings. The minimum absolute atomic E-state index is 0.291. The number of nitrogen functional groups attached to an aromatic ring is 1. The smallest absolute Gasteiger partial charge is 0.177 e. The molecule has 0 bridgehead atoms. The number of fused-ring (bicyclic) bond motifs is 1. The van der Waals surface area contributed by atoms with Gasteiger partial charge in [-0.3, -0.25) is 0 Å². The lowest BCUT2D eigenvalue weighted by Gasteiger charge is -2.24. The zero-order valence-corrected chi connectivity index (χ0v) is 14.7. The Morgan fingerprint density at radius 2 is 1.92 bits per heavy atom. The van der Waals surface area contributed by atoms with Crippen molar-refractivity contribution in [2.75, 3.05) is 11.1 Å². The Kier molecular flexibility index (Phi) is 4.24. The lowest BCUT2D eigenvalue weighted by Crippen LogP contribution is -2.25. The predicted molar refractivity (Wildman–Crippen MR) is 101 cm³/mol. The van der Waals surface area contributed by atoms with Gasteiger partial charge >= 0.3 is 0 Å². The molecule has 0 amide bonds. The van der Waals surface area contributed by atoms with Crippen LogP contribution in [0.15, 0.2) is 30.5 Å². The molecule has 2 heterocycles. The fourth-order valence-corrected chi connectivity index (χ4v) is 3.58. The van der Waals surface area contributed by atoms with Gasteiger partial charge in [0.25, 0.3) is 0 Å². The summed E-state index contributed by atoms with van der Waals surface area (Å²) < 4.78 is 15.9. The summed E-state index contributed by atoms with van der Waals surface area (Å²) in [5, 5.41) is 7.43. The monoisotopic (exact) mass is 354 g/mol. The summed E-state index contributed by atoms with van der Waals surface area (Å²) in [4.78, 5) is 4.77. The molecule has 0 atom stereocenters. The van der Waals surface area contributed by atoms with Crippen molar-refractivity contribution >= 4 is 22.8 Å². The van der Waals surface area contributed by atoms with E-state index in [1.54, 1.807) is 16.6 Å². The van der Waals surface area contributed by atoms with Gasteiger partial charge in [0, 0.05) is 18.0 Å². The highest BCUT2D eigenvalue weighted by Gasteiger charge is 2.23. The predicted octanol–water partition coefficient (Wildman–Crippen LogP) is 3.49. The molecular weight excluding hydrogens is 331 g/mol. The van der Waals surface area contributed by atoms with E-state index in [-0.39, 0.29) is 5.82 Å². The molecule has 0 saturated heterocycles. The van der Waals surface area contributed by atoms with Crippen molar-refractivity contribution in [1.29, 1.82) is 0 Å². The van der Waals surface area contributed by atoms with E-state index in [0.29, 0.717) is 34.8 Å². The minimum atomic E-state index is -0.313. The second-order valence-corrected chi connectivity index (χ2v) is 7.14. The van der Waals surface area contributed by atoms with E-state index in [1.807, 2.05) is 19.2 Å². The Bertz CT molecular complexity index is 943. The molecule has 6 nitrogen and oxygen atoms in total. The first-order valence-corrected chi connectivity index (χ1v) is 8.94. The Hall–Kier alpha value is -2.67. The molecule has 26 heavy (non-hydrogen) atoms. The van der Waals surface area contributed by atoms with Crippen LogP contribution in [0.25, 0.3) is 5.65 Å². The number of halogens is 1. The third-order valence-electron chi connectivity index (χ3n) is 5.05. The van der Waals surface area contributed by atoms with E-state index in [1.165, 1.54) is 6.07 Å². The molecular formula is C19H23FN6. The number of hydrogen-bond acceptors (Lipinski definition) is 5. The zero-order valence-electron chi connectivity index (χ0n) is 14.7. The largest absolute Gasteiger partial charge is 0.382 e. The van der Waals surface area contributed by atoms with Crippen LogP contribution in [0.5, 0.6) is 0 Å². The molecule has 136 valence electrons. The molecule has 0 radical (unpaired) electrons. The van der Waals surface area contributed by atoms with Crippen LogP contribution in [0.3, 0.4) is 0 Å². The van der Waals surface area contributed by atoms with Gasteiger partial charge in [0.05, 0.1) is 23.3 Å². The highest BCUT2D eigenvalue weighted by Crippen LogP contribution is 2.33. The number of nitrogens with two attached hydrogens (primary N) is 2. The van der Waals surface area contributed by atoms with Crippen molar-refractivity contribution in [3.8, 4) is 0 Å². The maximum Gasteiger partial charge on any atom is 0.177 e. The van der Waals surface area contributed by atoms with Gasteiger partial charge in [-0.15, -0.1) is 5.10 Å². The van der Waals surface area contributed by atoms with Gasteiger partial charge in [-0.1, -0.05) is 6.07 Å². The number of aromatic nitrogens is 3. The standard InChI is InChI=1S/C19H23FN6/c1-11-2-7-15(14(20)8-11)23-16-9-18(22)25-26-10-17(24-19(16)26)12-3-5-13(21)6-4-12/h2,7-10,12-13,23H,3-6,21H2,1H3,(H2,22,25). The summed E-state index contributed by atoms with van der Waals surface area (Å²) >= 11 is 0. The first-order valence-electron chi connectivity index (χ1n) is 8.94. The molecule has 5 N–H and O–H groups in total. The quantitative estimate of drug-likeness (QED) is 0.669. The highest BCUT2D eigenvalue weighted by atomic mass is 19.1. The Balaban J connectivity index is 1.70. The van der Waals surface area contributed by atoms with Crippen LogP contribution < -0.4 is 16.8 Å². The molecule has 3 aromatic rings. The topological polar surface area (TPSA) is 94.3 Å². The van der Waals surface area contributed by atoms with E-state index >= 15 is 0 Å². The van der Waals surface area contributed by atoms with Gasteiger partial charge in [-0.2, -0.15) is 0 Å². The average molecular weight is 354 g/mol. The maximum absolute atomic E-state index is 14.2. The van der Waals surface area contributed by atoms with Crippen LogP contribution in [0, 0.1) is 12.7 Å². The maximum atomic E-state index is 14.2. The normalized spacial score (nSPS) is 20.4. The summed E-state index contributed by atoms with van der Waals surface area (Å²) in [6.45, 7) is 1.85. The van der Waals surface area contributed by atoms with Crippen LogP contribution in [0.2, 0.25) is 0 Å². The molecule has 1 fully saturated rings. The van der Waals surface area contributed by atoms with Crippen molar-refractivity contribution in [3.05, 3.63) is 47.5 Å². The summed E-state index contributed by atoms with van der Waals surface area (Å²) in [6.07, 6.45) is 5.98. The first-order chi connectivity index (χ1) is 12.5. The number of anilines is 3. The lowest BCUT2D eigenvalue weighted by atomic mass is 9.85. The molecule has 7 heteroatoms. The second kappa shape index (κ2) is 6.57. The summed E-state index contributed by atoms with van der Waals surface area (Å²) in [5.74, 6) is 0.412. The van der Waals surface area contributed by atoms with Gasteiger partial charge < -0.3 is 16.8 Å². The van der Waals surface area contributed by atoms with Gasteiger partial charge in [0.15, 0.2) is 5.65 Å². The number of benzene rings is 1. The van der Waals surface area contributed by atoms with Crippen molar-refractivity contribution < 1.29 is 4.39 Å².